The van der Waals surface area contributed by atoms with Crippen LogP contribution in [0.3, 0.4) is 0 Å². The maximum atomic E-state index is 10.8. The van der Waals surface area contributed by atoms with Gasteiger partial charge in [0, 0.05) is 6.92 Å². The highest BCUT2D eigenvalue weighted by Crippen LogP contribution is 2.13. The van der Waals surface area contributed by atoms with E-state index >= 15 is 0 Å². The van der Waals surface area contributed by atoms with Crippen LogP contribution in [0.2, 0.25) is 0 Å². The summed E-state index contributed by atoms with van der Waals surface area (Å²) in [6.45, 7) is 2.51. The van der Waals surface area contributed by atoms with Crippen molar-refractivity contribution in [1.82, 2.24) is 0 Å². The van der Waals surface area contributed by atoms with Gasteiger partial charge in [-0.25, -0.2) is 0 Å². The molecule has 2 aromatic rings. The lowest BCUT2D eigenvalue weighted by Gasteiger charge is -2.06. The van der Waals surface area contributed by atoms with Crippen LogP contribution in [0.4, 0.5) is 0 Å². The summed E-state index contributed by atoms with van der Waals surface area (Å²) in [6.07, 6.45) is 0. The molecular formula is C16H16O3. The summed E-state index contributed by atoms with van der Waals surface area (Å²) in [5, 5.41) is 0. The van der Waals surface area contributed by atoms with Crippen molar-refractivity contribution < 1.29 is 14.3 Å². The number of carbonyl (C=O) groups excluding carboxylic acids is 1. The van der Waals surface area contributed by atoms with E-state index in [-0.39, 0.29) is 5.97 Å². The van der Waals surface area contributed by atoms with E-state index in [4.69, 9.17) is 9.47 Å². The predicted molar refractivity (Wildman–Crippen MR) is 72.7 cm³/mol. The Balaban J connectivity index is 1.81. The Morgan fingerprint density at radius 1 is 0.895 bits per heavy atom. The molecule has 0 heterocycles. The van der Waals surface area contributed by atoms with Crippen molar-refractivity contribution in [3.05, 3.63) is 65.7 Å². The second-order valence-electron chi connectivity index (χ2n) is 4.22. The molecule has 0 saturated carbocycles. The van der Waals surface area contributed by atoms with E-state index in [9.17, 15) is 4.79 Å². The fraction of sp³-hybridized carbons (Fsp3) is 0.188. The van der Waals surface area contributed by atoms with Crippen LogP contribution in [-0.2, 0) is 22.7 Å². The Morgan fingerprint density at radius 2 is 1.47 bits per heavy atom. The molecule has 0 amide bonds. The molecule has 98 valence electrons. The zero-order chi connectivity index (χ0) is 13.5. The topological polar surface area (TPSA) is 35.5 Å². The van der Waals surface area contributed by atoms with Crippen LogP contribution in [0.5, 0.6) is 5.75 Å². The third-order valence-corrected chi connectivity index (χ3v) is 2.57. The molecule has 0 fully saturated rings. The first-order valence-electron chi connectivity index (χ1n) is 6.13. The van der Waals surface area contributed by atoms with Crippen molar-refractivity contribution in [1.29, 1.82) is 0 Å². The Kier molecular flexibility index (Phi) is 4.70. The van der Waals surface area contributed by atoms with E-state index in [0.29, 0.717) is 19.0 Å². The number of hydrogen-bond acceptors (Lipinski definition) is 3. The van der Waals surface area contributed by atoms with Crippen molar-refractivity contribution >= 4 is 5.97 Å². The molecule has 2 aromatic carbocycles. The van der Waals surface area contributed by atoms with Gasteiger partial charge in [0.25, 0.3) is 0 Å². The Labute approximate surface area is 112 Å². The van der Waals surface area contributed by atoms with Crippen LogP contribution in [0.15, 0.2) is 54.6 Å². The molecule has 3 nitrogen and oxygen atoms in total. The molecule has 0 atom stereocenters. The van der Waals surface area contributed by atoms with Crippen molar-refractivity contribution in [2.24, 2.45) is 0 Å². The molecule has 0 unspecified atom stereocenters. The third kappa shape index (κ3) is 4.56. The monoisotopic (exact) mass is 256 g/mol. The standard InChI is InChI=1S/C16H16O3/c1-13(17)19-16-9-7-15(8-10-16)12-18-11-14-5-3-2-4-6-14/h2-10H,11-12H2,1H3. The maximum absolute atomic E-state index is 10.8. The molecule has 0 aliphatic carbocycles. The van der Waals surface area contributed by atoms with Crippen LogP contribution < -0.4 is 4.74 Å². The molecule has 0 radical (unpaired) electrons. The number of esters is 1. The number of carbonyl (C=O) groups is 1. The summed E-state index contributed by atoms with van der Waals surface area (Å²) in [5.41, 5.74) is 2.20. The van der Waals surface area contributed by atoms with E-state index in [1.165, 1.54) is 6.92 Å². The van der Waals surface area contributed by atoms with Crippen LogP contribution in [0.25, 0.3) is 0 Å². The predicted octanol–water partition coefficient (Wildman–Crippen LogP) is 3.33. The average molecular weight is 256 g/mol. The van der Waals surface area contributed by atoms with Crippen LogP contribution >= 0.6 is 0 Å². The number of hydrogen-bond donors (Lipinski definition) is 0. The number of benzene rings is 2. The molecule has 2 rings (SSSR count). The third-order valence-electron chi connectivity index (χ3n) is 2.57. The van der Waals surface area contributed by atoms with Crippen molar-refractivity contribution in [2.75, 3.05) is 0 Å². The fourth-order valence-corrected chi connectivity index (χ4v) is 1.68. The zero-order valence-corrected chi connectivity index (χ0v) is 10.8. The van der Waals surface area contributed by atoms with Crippen LogP contribution in [-0.4, -0.2) is 5.97 Å². The summed E-state index contributed by atoms with van der Waals surface area (Å²) in [6, 6.07) is 17.3. The summed E-state index contributed by atoms with van der Waals surface area (Å²) >= 11 is 0. The molecule has 0 aliphatic heterocycles. The Hall–Kier alpha value is -2.13. The average Bonchev–Trinajstić information content (AvgIpc) is 2.41. The lowest BCUT2D eigenvalue weighted by atomic mass is 10.2. The van der Waals surface area contributed by atoms with E-state index in [1.54, 1.807) is 12.1 Å². The highest BCUT2D eigenvalue weighted by molar-refractivity contribution is 5.69. The van der Waals surface area contributed by atoms with Gasteiger partial charge in [-0.15, -0.1) is 0 Å². The van der Waals surface area contributed by atoms with Gasteiger partial charge < -0.3 is 9.47 Å². The molecular weight excluding hydrogens is 240 g/mol. The van der Waals surface area contributed by atoms with Gasteiger partial charge in [0.2, 0.25) is 0 Å². The van der Waals surface area contributed by atoms with Gasteiger partial charge in [0.05, 0.1) is 13.2 Å². The van der Waals surface area contributed by atoms with E-state index in [2.05, 4.69) is 0 Å². The summed E-state index contributed by atoms with van der Waals surface area (Å²) in [7, 11) is 0. The fourth-order valence-electron chi connectivity index (χ4n) is 1.68. The molecule has 0 aromatic heterocycles. The van der Waals surface area contributed by atoms with Gasteiger partial charge in [0.15, 0.2) is 0 Å². The van der Waals surface area contributed by atoms with E-state index in [0.717, 1.165) is 11.1 Å². The first-order valence-corrected chi connectivity index (χ1v) is 6.13. The minimum absolute atomic E-state index is 0.312. The quantitative estimate of drug-likeness (QED) is 0.608. The Bertz CT molecular complexity index is 517. The second-order valence-corrected chi connectivity index (χ2v) is 4.22. The zero-order valence-electron chi connectivity index (χ0n) is 10.8. The highest BCUT2D eigenvalue weighted by atomic mass is 16.5. The molecule has 0 N–H and O–H groups in total. The maximum Gasteiger partial charge on any atom is 0.308 e. The Morgan fingerprint density at radius 3 is 2.05 bits per heavy atom. The lowest BCUT2D eigenvalue weighted by Crippen LogP contribution is -2.01. The van der Waals surface area contributed by atoms with Gasteiger partial charge in [-0.3, -0.25) is 4.79 Å². The molecule has 19 heavy (non-hydrogen) atoms. The van der Waals surface area contributed by atoms with Crippen molar-refractivity contribution in [3.63, 3.8) is 0 Å². The molecule has 0 aliphatic rings. The summed E-state index contributed by atoms with van der Waals surface area (Å²) in [4.78, 5) is 10.8. The van der Waals surface area contributed by atoms with Crippen LogP contribution in [0, 0.1) is 0 Å². The largest absolute Gasteiger partial charge is 0.427 e. The van der Waals surface area contributed by atoms with Gasteiger partial charge in [0.1, 0.15) is 5.75 Å². The van der Waals surface area contributed by atoms with Crippen molar-refractivity contribution in [2.45, 2.75) is 20.1 Å². The SMILES string of the molecule is CC(=O)Oc1ccc(COCc2ccccc2)cc1. The highest BCUT2D eigenvalue weighted by Gasteiger charge is 1.99. The summed E-state index contributed by atoms with van der Waals surface area (Å²) < 4.78 is 10.6. The molecule has 0 bridgehead atoms. The van der Waals surface area contributed by atoms with Crippen LogP contribution in [0.1, 0.15) is 18.1 Å². The minimum Gasteiger partial charge on any atom is -0.427 e. The first-order chi connectivity index (χ1) is 9.24. The van der Waals surface area contributed by atoms with Gasteiger partial charge in [-0.05, 0) is 23.3 Å². The molecule has 3 heteroatoms. The van der Waals surface area contributed by atoms with E-state index in [1.807, 2.05) is 42.5 Å². The normalized spacial score (nSPS) is 10.2. The summed E-state index contributed by atoms with van der Waals surface area (Å²) in [5.74, 6) is 0.243. The van der Waals surface area contributed by atoms with Crippen molar-refractivity contribution in [3.8, 4) is 5.75 Å². The molecule has 0 saturated heterocycles. The first kappa shape index (κ1) is 13.3. The molecule has 0 spiro atoms. The lowest BCUT2D eigenvalue weighted by molar-refractivity contribution is -0.131. The van der Waals surface area contributed by atoms with Gasteiger partial charge in [-0.2, -0.15) is 0 Å². The number of ether oxygens (including phenoxy) is 2. The minimum atomic E-state index is -0.312. The second kappa shape index (κ2) is 6.71. The van der Waals surface area contributed by atoms with Gasteiger partial charge >= 0.3 is 5.97 Å². The van der Waals surface area contributed by atoms with Gasteiger partial charge in [-0.1, -0.05) is 42.5 Å². The smallest absolute Gasteiger partial charge is 0.308 e. The number of rotatable bonds is 5. The van der Waals surface area contributed by atoms with E-state index < -0.39 is 0 Å².